The van der Waals surface area contributed by atoms with Gasteiger partial charge in [-0.2, -0.15) is 0 Å². The number of hydrogen-bond acceptors (Lipinski definition) is 4. The summed E-state index contributed by atoms with van der Waals surface area (Å²) in [6.07, 6.45) is 0. The molecule has 176 valence electrons. The molecule has 0 amide bonds. The van der Waals surface area contributed by atoms with Crippen LogP contribution >= 0.6 is 51.5 Å². The lowest BCUT2D eigenvalue weighted by Crippen LogP contribution is -2.13. The molecule has 2 N–H and O–H groups in total. The molecule has 0 unspecified atom stereocenters. The molecule has 0 saturated heterocycles. The molecule has 0 saturated carbocycles. The Balaban J connectivity index is 0.00000385. The normalized spacial score (nSPS) is 10.4. The maximum atomic E-state index is 11.0. The number of rotatable bonds is 10. The number of carboxylic acid groups (broad SMARTS) is 1. The zero-order chi connectivity index (χ0) is 23.1. The summed E-state index contributed by atoms with van der Waals surface area (Å²) < 4.78 is 12.6. The SMILES string of the molecule is CCOc1cc(CNCc2ccc(C(=O)O)cc2)cc(Br)c1OCc1ccc(Cl)cc1Cl.Cl. The van der Waals surface area contributed by atoms with Gasteiger partial charge in [-0.1, -0.05) is 41.4 Å². The zero-order valence-corrected chi connectivity index (χ0v) is 21.7. The second-order valence-corrected chi connectivity index (χ2v) is 8.67. The lowest BCUT2D eigenvalue weighted by molar-refractivity contribution is 0.0697. The van der Waals surface area contributed by atoms with Gasteiger partial charge in [-0.25, -0.2) is 4.79 Å². The van der Waals surface area contributed by atoms with Crippen molar-refractivity contribution >= 4 is 57.5 Å². The second-order valence-electron chi connectivity index (χ2n) is 6.97. The van der Waals surface area contributed by atoms with E-state index in [4.69, 9.17) is 37.8 Å². The first-order valence-electron chi connectivity index (χ1n) is 9.92. The van der Waals surface area contributed by atoms with Crippen molar-refractivity contribution in [3.05, 3.63) is 91.4 Å². The molecule has 0 aliphatic heterocycles. The highest BCUT2D eigenvalue weighted by molar-refractivity contribution is 9.10. The van der Waals surface area contributed by atoms with Crippen LogP contribution in [0, 0.1) is 0 Å². The van der Waals surface area contributed by atoms with E-state index < -0.39 is 5.97 Å². The van der Waals surface area contributed by atoms with Crippen molar-refractivity contribution in [1.29, 1.82) is 0 Å². The van der Waals surface area contributed by atoms with Crippen molar-refractivity contribution in [2.75, 3.05) is 6.61 Å². The van der Waals surface area contributed by atoms with Gasteiger partial charge in [-0.3, -0.25) is 0 Å². The van der Waals surface area contributed by atoms with Crippen molar-refractivity contribution in [2.24, 2.45) is 0 Å². The second kappa shape index (κ2) is 13.1. The van der Waals surface area contributed by atoms with E-state index >= 15 is 0 Å². The highest BCUT2D eigenvalue weighted by atomic mass is 79.9. The number of halogens is 4. The van der Waals surface area contributed by atoms with E-state index in [1.165, 1.54) is 0 Å². The van der Waals surface area contributed by atoms with E-state index in [0.717, 1.165) is 21.2 Å². The summed E-state index contributed by atoms with van der Waals surface area (Å²) in [4.78, 5) is 11.0. The lowest BCUT2D eigenvalue weighted by Gasteiger charge is -2.16. The third kappa shape index (κ3) is 7.80. The summed E-state index contributed by atoms with van der Waals surface area (Å²) in [5.74, 6) is 0.305. The van der Waals surface area contributed by atoms with Crippen LogP contribution in [0.4, 0.5) is 0 Å². The highest BCUT2D eigenvalue weighted by Crippen LogP contribution is 2.38. The average molecular weight is 576 g/mol. The number of hydrogen-bond donors (Lipinski definition) is 2. The first-order valence-corrected chi connectivity index (χ1v) is 11.5. The molecule has 0 aliphatic carbocycles. The number of aromatic carboxylic acids is 1. The molecule has 3 rings (SSSR count). The minimum absolute atomic E-state index is 0. The van der Waals surface area contributed by atoms with E-state index in [1.54, 1.807) is 36.4 Å². The lowest BCUT2D eigenvalue weighted by atomic mass is 10.1. The van der Waals surface area contributed by atoms with Gasteiger partial charge in [-0.05, 0) is 70.4 Å². The van der Waals surface area contributed by atoms with Crippen molar-refractivity contribution in [3.63, 3.8) is 0 Å². The van der Waals surface area contributed by atoms with Gasteiger partial charge in [0.1, 0.15) is 6.61 Å². The van der Waals surface area contributed by atoms with Gasteiger partial charge >= 0.3 is 5.97 Å². The van der Waals surface area contributed by atoms with Crippen LogP contribution in [0.1, 0.15) is 34.0 Å². The monoisotopic (exact) mass is 573 g/mol. The summed E-state index contributed by atoms with van der Waals surface area (Å²) in [7, 11) is 0. The molecule has 0 aliphatic rings. The molecule has 9 heteroatoms. The van der Waals surface area contributed by atoms with Crippen molar-refractivity contribution in [1.82, 2.24) is 5.32 Å². The van der Waals surface area contributed by atoms with Gasteiger partial charge in [0.15, 0.2) is 11.5 Å². The van der Waals surface area contributed by atoms with Gasteiger partial charge < -0.3 is 19.9 Å². The molecule has 3 aromatic rings. The minimum atomic E-state index is -0.932. The maximum Gasteiger partial charge on any atom is 0.335 e. The van der Waals surface area contributed by atoms with Crippen LogP contribution in [0.3, 0.4) is 0 Å². The molecule has 3 aromatic carbocycles. The Hall–Kier alpha value is -1.96. The summed E-state index contributed by atoms with van der Waals surface area (Å²) in [5.41, 5.74) is 3.11. The average Bonchev–Trinajstić information content (AvgIpc) is 2.75. The van der Waals surface area contributed by atoms with Crippen LogP contribution < -0.4 is 14.8 Å². The standard InChI is InChI=1S/C24H22BrCl2NO4.ClH/c1-2-31-22-10-16(13-28-12-15-3-5-17(6-4-15)24(29)30)9-20(25)23(22)32-14-18-7-8-19(26)11-21(18)27;/h3-11,28H,2,12-14H2,1H3,(H,29,30);1H. The smallest absolute Gasteiger partial charge is 0.335 e. The topological polar surface area (TPSA) is 67.8 Å². The van der Waals surface area contributed by atoms with Crippen molar-refractivity contribution in [3.8, 4) is 11.5 Å². The highest BCUT2D eigenvalue weighted by Gasteiger charge is 2.14. The molecular formula is C24H23BrCl3NO4. The van der Waals surface area contributed by atoms with Gasteiger partial charge in [0.05, 0.1) is 16.6 Å². The Morgan fingerprint density at radius 3 is 2.33 bits per heavy atom. The first-order chi connectivity index (χ1) is 15.4. The van der Waals surface area contributed by atoms with E-state index in [-0.39, 0.29) is 24.6 Å². The van der Waals surface area contributed by atoms with Crippen LogP contribution in [0.25, 0.3) is 0 Å². The molecular weight excluding hydrogens is 553 g/mol. The molecule has 0 spiro atoms. The third-order valence-electron chi connectivity index (χ3n) is 4.62. The number of carbonyl (C=O) groups is 1. The Kier molecular flexibility index (Phi) is 10.8. The fraction of sp³-hybridized carbons (Fsp3) is 0.208. The van der Waals surface area contributed by atoms with Crippen LogP contribution in [-0.4, -0.2) is 17.7 Å². The summed E-state index contributed by atoms with van der Waals surface area (Å²) in [5, 5.41) is 13.5. The minimum Gasteiger partial charge on any atom is -0.490 e. The first kappa shape index (κ1) is 27.3. The molecule has 5 nitrogen and oxygen atoms in total. The van der Waals surface area contributed by atoms with Gasteiger partial charge in [0.25, 0.3) is 0 Å². The van der Waals surface area contributed by atoms with E-state index in [9.17, 15) is 4.79 Å². The molecule has 0 aromatic heterocycles. The predicted octanol–water partition coefficient (Wildman–Crippen LogP) is 7.14. The van der Waals surface area contributed by atoms with Crippen LogP contribution in [-0.2, 0) is 19.7 Å². The quantitative estimate of drug-likeness (QED) is 0.269. The van der Waals surface area contributed by atoms with E-state index in [1.807, 2.05) is 25.1 Å². The van der Waals surface area contributed by atoms with Crippen molar-refractivity contribution in [2.45, 2.75) is 26.6 Å². The molecule has 0 heterocycles. The van der Waals surface area contributed by atoms with Crippen LogP contribution in [0.15, 0.2) is 59.1 Å². The van der Waals surface area contributed by atoms with Gasteiger partial charge in [0.2, 0.25) is 0 Å². The summed E-state index contributed by atoms with van der Waals surface area (Å²) >= 11 is 15.8. The Bertz CT molecular complexity index is 1090. The van der Waals surface area contributed by atoms with Crippen LogP contribution in [0.2, 0.25) is 10.0 Å². The summed E-state index contributed by atoms with van der Waals surface area (Å²) in [6, 6.07) is 16.0. The number of carboxylic acids is 1. The predicted molar refractivity (Wildman–Crippen MR) is 137 cm³/mol. The largest absolute Gasteiger partial charge is 0.490 e. The third-order valence-corrected chi connectivity index (χ3v) is 5.79. The molecule has 0 radical (unpaired) electrons. The number of nitrogens with one attached hydrogen (secondary N) is 1. The Morgan fingerprint density at radius 2 is 1.70 bits per heavy atom. The van der Waals surface area contributed by atoms with E-state index in [0.29, 0.717) is 41.2 Å². The van der Waals surface area contributed by atoms with Crippen LogP contribution in [0.5, 0.6) is 11.5 Å². The van der Waals surface area contributed by atoms with Crippen molar-refractivity contribution < 1.29 is 19.4 Å². The fourth-order valence-electron chi connectivity index (χ4n) is 3.03. The van der Waals surface area contributed by atoms with E-state index in [2.05, 4.69) is 21.2 Å². The maximum absolute atomic E-state index is 11.0. The number of ether oxygens (including phenoxy) is 2. The Labute approximate surface area is 217 Å². The van der Waals surface area contributed by atoms with Gasteiger partial charge in [0, 0.05) is 28.7 Å². The molecule has 0 bridgehead atoms. The summed E-state index contributed by atoms with van der Waals surface area (Å²) in [6.45, 7) is 3.90. The molecule has 0 fully saturated rings. The Morgan fingerprint density at radius 1 is 1.00 bits per heavy atom. The number of benzene rings is 3. The molecule has 33 heavy (non-hydrogen) atoms. The fourth-order valence-corrected chi connectivity index (χ4v) is 4.10. The molecule has 0 atom stereocenters. The van der Waals surface area contributed by atoms with Gasteiger partial charge in [-0.15, -0.1) is 12.4 Å². The zero-order valence-electron chi connectivity index (χ0n) is 17.7.